The van der Waals surface area contributed by atoms with Gasteiger partial charge in [0.25, 0.3) is 0 Å². The molecule has 0 amide bonds. The molecule has 2 aromatic carbocycles. The lowest BCUT2D eigenvalue weighted by Crippen LogP contribution is -3.09. The number of carboxylic acids is 1. The van der Waals surface area contributed by atoms with Crippen LogP contribution in [0.2, 0.25) is 0 Å². The number of ether oxygens (including phenoxy) is 1. The molecule has 5 heteroatoms. The number of carbonyl (C=O) groups is 1. The lowest BCUT2D eigenvalue weighted by Gasteiger charge is -2.17. The largest absolute Gasteiger partial charge is 0.497 e. The Morgan fingerprint density at radius 3 is 2.74 bits per heavy atom. The van der Waals surface area contributed by atoms with Gasteiger partial charge in [-0.3, -0.25) is 0 Å². The van der Waals surface area contributed by atoms with Gasteiger partial charge in [0.05, 0.1) is 19.2 Å². The average molecular weight is 330 g/mol. The summed E-state index contributed by atoms with van der Waals surface area (Å²) in [5.41, 5.74) is 2.83. The number of methoxy groups -OCH3 is 1. The van der Waals surface area contributed by atoms with E-state index < -0.39 is 5.97 Å². The maximum absolute atomic E-state index is 10.9. The highest BCUT2D eigenvalue weighted by Crippen LogP contribution is 2.27. The first kappa shape index (κ1) is 15.9. The minimum Gasteiger partial charge on any atom is -0.497 e. The first-order valence-electron chi connectivity index (χ1n) is 7.61. The summed E-state index contributed by atoms with van der Waals surface area (Å²) in [6.45, 7) is 2.94. The van der Waals surface area contributed by atoms with E-state index >= 15 is 0 Å². The van der Waals surface area contributed by atoms with Crippen molar-refractivity contribution in [2.24, 2.45) is 0 Å². The van der Waals surface area contributed by atoms with Crippen molar-refractivity contribution in [3.05, 3.63) is 59.2 Å². The van der Waals surface area contributed by atoms with Crippen molar-refractivity contribution >= 4 is 17.7 Å². The third-order valence-electron chi connectivity index (χ3n) is 4.08. The monoisotopic (exact) mass is 330 g/mol. The third kappa shape index (κ3) is 3.86. The van der Waals surface area contributed by atoms with Crippen LogP contribution >= 0.6 is 11.8 Å². The summed E-state index contributed by atoms with van der Waals surface area (Å²) in [5.74, 6) is 1.11. The molecule has 2 aromatic rings. The predicted octanol–water partition coefficient (Wildman–Crippen LogP) is 2.08. The number of hydrogen-bond donors (Lipinski definition) is 2. The Balaban J connectivity index is 1.74. The van der Waals surface area contributed by atoms with Gasteiger partial charge < -0.3 is 14.7 Å². The van der Waals surface area contributed by atoms with Crippen LogP contribution in [0.4, 0.5) is 0 Å². The molecule has 0 radical (unpaired) electrons. The molecule has 3 rings (SSSR count). The Morgan fingerprint density at radius 2 is 2.04 bits per heavy atom. The molecular weight excluding hydrogens is 310 g/mol. The second kappa shape index (κ2) is 7.06. The number of nitrogens with one attached hydrogen (secondary N) is 1. The van der Waals surface area contributed by atoms with Gasteiger partial charge in [-0.2, -0.15) is 0 Å². The van der Waals surface area contributed by atoms with Gasteiger partial charge in [-0.15, -0.1) is 11.8 Å². The first-order valence-corrected chi connectivity index (χ1v) is 8.60. The molecule has 0 fully saturated rings. The van der Waals surface area contributed by atoms with E-state index in [4.69, 9.17) is 9.84 Å². The second-order valence-electron chi connectivity index (χ2n) is 5.68. The SMILES string of the molecule is COc1ccc2c(c1)C[NH+](Cc1ccc(C(=O)O)cc1)CCS2. The number of quaternary nitrogens is 1. The van der Waals surface area contributed by atoms with E-state index in [0.29, 0.717) is 5.56 Å². The molecule has 1 aliphatic heterocycles. The molecule has 1 unspecified atom stereocenters. The molecular formula is C18H20NO3S+. The maximum Gasteiger partial charge on any atom is 0.335 e. The Hall–Kier alpha value is -1.98. The van der Waals surface area contributed by atoms with Crippen LogP contribution < -0.4 is 9.64 Å². The number of benzene rings is 2. The third-order valence-corrected chi connectivity index (χ3v) is 5.19. The van der Waals surface area contributed by atoms with Crippen molar-refractivity contribution in [3.8, 4) is 5.75 Å². The van der Waals surface area contributed by atoms with Crippen LogP contribution in [0, 0.1) is 0 Å². The second-order valence-corrected chi connectivity index (χ2v) is 6.81. The lowest BCUT2D eigenvalue weighted by molar-refractivity contribution is -0.925. The van der Waals surface area contributed by atoms with Crippen molar-refractivity contribution < 1.29 is 19.5 Å². The Bertz CT molecular complexity index is 700. The van der Waals surface area contributed by atoms with E-state index in [2.05, 4.69) is 12.1 Å². The van der Waals surface area contributed by atoms with Crippen LogP contribution in [0.5, 0.6) is 5.75 Å². The molecule has 1 aliphatic rings. The van der Waals surface area contributed by atoms with Crippen LogP contribution in [-0.4, -0.2) is 30.5 Å². The molecule has 2 N–H and O–H groups in total. The topological polar surface area (TPSA) is 51.0 Å². The van der Waals surface area contributed by atoms with Crippen molar-refractivity contribution in [2.45, 2.75) is 18.0 Å². The summed E-state index contributed by atoms with van der Waals surface area (Å²) in [5, 5.41) is 8.97. The maximum atomic E-state index is 10.9. The van der Waals surface area contributed by atoms with E-state index in [-0.39, 0.29) is 0 Å². The molecule has 0 spiro atoms. The Morgan fingerprint density at radius 1 is 1.26 bits per heavy atom. The minimum absolute atomic E-state index is 0.338. The number of thioether (sulfide) groups is 1. The highest BCUT2D eigenvalue weighted by Gasteiger charge is 2.19. The smallest absolute Gasteiger partial charge is 0.335 e. The molecule has 0 aromatic heterocycles. The van der Waals surface area contributed by atoms with Crippen LogP contribution in [0.3, 0.4) is 0 Å². The van der Waals surface area contributed by atoms with Gasteiger partial charge in [0.15, 0.2) is 0 Å². The number of aromatic carboxylic acids is 1. The average Bonchev–Trinajstić information content (AvgIpc) is 2.76. The first-order chi connectivity index (χ1) is 11.2. The van der Waals surface area contributed by atoms with Crippen LogP contribution in [-0.2, 0) is 13.1 Å². The molecule has 1 atom stereocenters. The highest BCUT2D eigenvalue weighted by molar-refractivity contribution is 7.99. The van der Waals surface area contributed by atoms with E-state index in [0.717, 1.165) is 31.1 Å². The Kier molecular flexibility index (Phi) is 4.88. The van der Waals surface area contributed by atoms with Gasteiger partial charge in [-0.25, -0.2) is 4.79 Å². The molecule has 120 valence electrons. The van der Waals surface area contributed by atoms with E-state index in [9.17, 15) is 4.79 Å². The number of hydrogen-bond acceptors (Lipinski definition) is 3. The van der Waals surface area contributed by atoms with E-state index in [1.807, 2.05) is 30.0 Å². The fourth-order valence-electron chi connectivity index (χ4n) is 2.83. The van der Waals surface area contributed by atoms with Crippen LogP contribution in [0.15, 0.2) is 47.4 Å². The summed E-state index contributed by atoms with van der Waals surface area (Å²) in [6, 6.07) is 13.5. The molecule has 1 heterocycles. The van der Waals surface area contributed by atoms with Gasteiger partial charge in [0.2, 0.25) is 0 Å². The molecule has 23 heavy (non-hydrogen) atoms. The summed E-state index contributed by atoms with van der Waals surface area (Å²) in [7, 11) is 1.69. The van der Waals surface area contributed by atoms with Gasteiger partial charge >= 0.3 is 5.97 Å². The van der Waals surface area contributed by atoms with Crippen molar-refractivity contribution in [1.29, 1.82) is 0 Å². The van der Waals surface area contributed by atoms with Crippen LogP contribution in [0.25, 0.3) is 0 Å². The Labute approximate surface area is 140 Å². The highest BCUT2D eigenvalue weighted by atomic mass is 32.2. The fraction of sp³-hybridized carbons (Fsp3) is 0.278. The van der Waals surface area contributed by atoms with E-state index in [1.165, 1.54) is 20.9 Å². The lowest BCUT2D eigenvalue weighted by atomic mass is 10.1. The zero-order chi connectivity index (χ0) is 16.2. The molecule has 4 nitrogen and oxygen atoms in total. The van der Waals surface area contributed by atoms with Gasteiger partial charge in [-0.1, -0.05) is 12.1 Å². The van der Waals surface area contributed by atoms with Crippen LogP contribution in [0.1, 0.15) is 21.5 Å². The zero-order valence-corrected chi connectivity index (χ0v) is 13.9. The zero-order valence-electron chi connectivity index (χ0n) is 13.0. The molecule has 0 saturated carbocycles. The van der Waals surface area contributed by atoms with Gasteiger partial charge in [-0.05, 0) is 30.3 Å². The number of carboxylic acid groups (broad SMARTS) is 1. The summed E-state index contributed by atoms with van der Waals surface area (Å²) < 4.78 is 5.34. The quantitative estimate of drug-likeness (QED) is 0.901. The molecule has 0 aliphatic carbocycles. The predicted molar refractivity (Wildman–Crippen MR) is 90.4 cm³/mol. The van der Waals surface area contributed by atoms with Crippen molar-refractivity contribution in [1.82, 2.24) is 0 Å². The van der Waals surface area contributed by atoms with Crippen molar-refractivity contribution in [2.75, 3.05) is 19.4 Å². The minimum atomic E-state index is -0.879. The van der Waals surface area contributed by atoms with Gasteiger partial charge in [0.1, 0.15) is 18.8 Å². The van der Waals surface area contributed by atoms with Crippen molar-refractivity contribution in [3.63, 3.8) is 0 Å². The normalized spacial score (nSPS) is 17.2. The number of rotatable bonds is 4. The standard InChI is InChI=1S/C18H19NO3S/c1-22-16-6-7-17-15(10-16)12-19(8-9-23-17)11-13-2-4-14(5-3-13)18(20)21/h2-7,10H,8-9,11-12H2,1H3,(H,20,21)/p+1. The summed E-state index contributed by atoms with van der Waals surface area (Å²) >= 11 is 1.90. The number of fused-ring (bicyclic) bond motifs is 1. The van der Waals surface area contributed by atoms with Gasteiger partial charge in [0, 0.05) is 21.8 Å². The fourth-order valence-corrected chi connectivity index (χ4v) is 3.92. The summed E-state index contributed by atoms with van der Waals surface area (Å²) in [4.78, 5) is 13.7. The molecule has 0 bridgehead atoms. The summed E-state index contributed by atoms with van der Waals surface area (Å²) in [6.07, 6.45) is 0. The molecule has 0 saturated heterocycles. The van der Waals surface area contributed by atoms with E-state index in [1.54, 1.807) is 19.2 Å².